The number of aromatic nitrogens is 2. The normalized spacial score (nSPS) is 10.8. The molecule has 2 aromatic carbocycles. The molecule has 0 saturated carbocycles. The van der Waals surface area contributed by atoms with Crippen LogP contribution < -0.4 is 0 Å². The number of benzene rings is 2. The van der Waals surface area contributed by atoms with Gasteiger partial charge in [-0.05, 0) is 61.0 Å². The summed E-state index contributed by atoms with van der Waals surface area (Å²) >= 11 is 0. The van der Waals surface area contributed by atoms with Crippen LogP contribution in [0.2, 0.25) is 0 Å². The van der Waals surface area contributed by atoms with E-state index in [9.17, 15) is 9.18 Å². The van der Waals surface area contributed by atoms with Crippen molar-refractivity contribution in [2.45, 2.75) is 13.5 Å². The van der Waals surface area contributed by atoms with Crippen LogP contribution in [0.1, 0.15) is 28.5 Å². The van der Waals surface area contributed by atoms with Crippen molar-refractivity contribution in [1.82, 2.24) is 9.13 Å². The second kappa shape index (κ2) is 7.64. The van der Waals surface area contributed by atoms with Crippen molar-refractivity contribution >= 4 is 17.0 Å². The number of carbonyl (C=O) groups excluding carboxylic acids is 1. The zero-order chi connectivity index (χ0) is 20.4. The number of hydrogen-bond acceptors (Lipinski definition) is 3. The number of carbonyl (C=O) groups is 1. The highest BCUT2D eigenvalue weighted by Gasteiger charge is 2.19. The summed E-state index contributed by atoms with van der Waals surface area (Å²) in [6.07, 6.45) is 1.89. The van der Waals surface area contributed by atoms with Crippen LogP contribution in [0.5, 0.6) is 0 Å². The van der Waals surface area contributed by atoms with Crippen LogP contribution in [0.15, 0.2) is 66.9 Å². The Balaban J connectivity index is 1.82. The number of rotatable bonds is 5. The Morgan fingerprint density at radius 3 is 2.45 bits per heavy atom. The number of ether oxygens (including phenoxy) is 1. The summed E-state index contributed by atoms with van der Waals surface area (Å²) in [5, 5.41) is 8.99. The van der Waals surface area contributed by atoms with E-state index in [1.807, 2.05) is 33.5 Å². The maximum Gasteiger partial charge on any atom is 0.355 e. The average Bonchev–Trinajstić information content (AvgIpc) is 3.30. The summed E-state index contributed by atoms with van der Waals surface area (Å²) < 4.78 is 22.4. The van der Waals surface area contributed by atoms with E-state index in [1.54, 1.807) is 37.3 Å². The third-order valence-corrected chi connectivity index (χ3v) is 4.77. The molecule has 144 valence electrons. The number of esters is 1. The first kappa shape index (κ1) is 18.5. The second-order valence-corrected chi connectivity index (χ2v) is 6.58. The molecule has 29 heavy (non-hydrogen) atoms. The van der Waals surface area contributed by atoms with Crippen molar-refractivity contribution in [2.75, 3.05) is 6.61 Å². The van der Waals surface area contributed by atoms with Crippen molar-refractivity contribution in [3.63, 3.8) is 0 Å². The Morgan fingerprint density at radius 1 is 1.07 bits per heavy atom. The van der Waals surface area contributed by atoms with Gasteiger partial charge in [-0.2, -0.15) is 5.26 Å². The van der Waals surface area contributed by atoms with Gasteiger partial charge in [-0.15, -0.1) is 0 Å². The van der Waals surface area contributed by atoms with E-state index < -0.39 is 5.97 Å². The molecule has 0 atom stereocenters. The SMILES string of the molecule is CCOC(=O)c1cc2c(ccn2-c2ccc(F)cc2)n1Cc1ccc(C#N)cc1. The molecule has 4 aromatic rings. The first-order chi connectivity index (χ1) is 14.1. The monoisotopic (exact) mass is 387 g/mol. The Morgan fingerprint density at radius 2 is 1.79 bits per heavy atom. The molecule has 2 aromatic heterocycles. The average molecular weight is 387 g/mol. The summed E-state index contributed by atoms with van der Waals surface area (Å²) in [6.45, 7) is 2.50. The summed E-state index contributed by atoms with van der Waals surface area (Å²) in [6, 6.07) is 19.3. The molecular formula is C23H18FN3O2. The zero-order valence-electron chi connectivity index (χ0n) is 15.8. The summed E-state index contributed by atoms with van der Waals surface area (Å²) in [5.74, 6) is -0.703. The van der Waals surface area contributed by atoms with Crippen LogP contribution in [0.3, 0.4) is 0 Å². The molecule has 0 saturated heterocycles. The molecule has 0 aliphatic rings. The van der Waals surface area contributed by atoms with E-state index in [0.29, 0.717) is 17.8 Å². The van der Waals surface area contributed by atoms with Crippen LogP contribution in [0, 0.1) is 17.1 Å². The third kappa shape index (κ3) is 3.50. The van der Waals surface area contributed by atoms with E-state index in [1.165, 1.54) is 12.1 Å². The van der Waals surface area contributed by atoms with Gasteiger partial charge in [0.15, 0.2) is 0 Å². The molecule has 0 N–H and O–H groups in total. The van der Waals surface area contributed by atoms with E-state index in [0.717, 1.165) is 22.3 Å². The van der Waals surface area contributed by atoms with E-state index in [-0.39, 0.29) is 12.4 Å². The van der Waals surface area contributed by atoms with Gasteiger partial charge in [0.2, 0.25) is 0 Å². The molecule has 0 fully saturated rings. The van der Waals surface area contributed by atoms with Crippen molar-refractivity contribution < 1.29 is 13.9 Å². The van der Waals surface area contributed by atoms with Crippen LogP contribution >= 0.6 is 0 Å². The van der Waals surface area contributed by atoms with Gasteiger partial charge in [0.05, 0.1) is 29.3 Å². The molecule has 0 aliphatic carbocycles. The molecule has 0 aliphatic heterocycles. The van der Waals surface area contributed by atoms with Gasteiger partial charge >= 0.3 is 5.97 Å². The van der Waals surface area contributed by atoms with Crippen LogP contribution in [-0.2, 0) is 11.3 Å². The van der Waals surface area contributed by atoms with Crippen LogP contribution in [0.4, 0.5) is 4.39 Å². The first-order valence-corrected chi connectivity index (χ1v) is 9.23. The minimum Gasteiger partial charge on any atom is -0.461 e. The lowest BCUT2D eigenvalue weighted by Crippen LogP contribution is -2.12. The number of nitriles is 1. The minimum atomic E-state index is -0.400. The zero-order valence-corrected chi connectivity index (χ0v) is 15.8. The third-order valence-electron chi connectivity index (χ3n) is 4.77. The topological polar surface area (TPSA) is 59.9 Å². The van der Waals surface area contributed by atoms with Gasteiger partial charge in [-0.3, -0.25) is 0 Å². The fourth-order valence-corrected chi connectivity index (χ4v) is 3.38. The lowest BCUT2D eigenvalue weighted by Gasteiger charge is -2.10. The highest BCUT2D eigenvalue weighted by molar-refractivity contribution is 5.95. The molecule has 0 unspecified atom stereocenters. The molecule has 0 radical (unpaired) electrons. The van der Waals surface area contributed by atoms with Crippen molar-refractivity contribution in [2.24, 2.45) is 0 Å². The Labute approximate surface area is 167 Å². The van der Waals surface area contributed by atoms with Gasteiger partial charge in [-0.1, -0.05) is 12.1 Å². The summed E-state index contributed by atoms with van der Waals surface area (Å²) in [7, 11) is 0. The van der Waals surface area contributed by atoms with Gasteiger partial charge in [-0.25, -0.2) is 9.18 Å². The van der Waals surface area contributed by atoms with Gasteiger partial charge in [0.1, 0.15) is 11.5 Å². The van der Waals surface area contributed by atoms with Crippen molar-refractivity contribution in [3.8, 4) is 11.8 Å². The maximum atomic E-state index is 13.3. The number of nitrogens with zero attached hydrogens (tertiary/aromatic N) is 3. The summed E-state index contributed by atoms with van der Waals surface area (Å²) in [4.78, 5) is 12.6. The molecule has 0 bridgehead atoms. The van der Waals surface area contributed by atoms with E-state index in [2.05, 4.69) is 6.07 Å². The van der Waals surface area contributed by atoms with E-state index >= 15 is 0 Å². The predicted octanol–water partition coefficient (Wildman–Crippen LogP) is 4.67. The highest BCUT2D eigenvalue weighted by Crippen LogP contribution is 2.26. The Hall–Kier alpha value is -3.85. The largest absolute Gasteiger partial charge is 0.461 e. The predicted molar refractivity (Wildman–Crippen MR) is 107 cm³/mol. The fraction of sp³-hybridized carbons (Fsp3) is 0.130. The van der Waals surface area contributed by atoms with Crippen molar-refractivity contribution in [3.05, 3.63) is 89.5 Å². The minimum absolute atomic E-state index is 0.281. The van der Waals surface area contributed by atoms with Crippen molar-refractivity contribution in [1.29, 1.82) is 5.26 Å². The number of fused-ring (bicyclic) bond motifs is 1. The smallest absolute Gasteiger partial charge is 0.355 e. The quantitative estimate of drug-likeness (QED) is 0.468. The van der Waals surface area contributed by atoms with Crippen LogP contribution in [-0.4, -0.2) is 21.7 Å². The lowest BCUT2D eigenvalue weighted by molar-refractivity contribution is 0.0515. The first-order valence-electron chi connectivity index (χ1n) is 9.23. The Kier molecular flexibility index (Phi) is 4.88. The van der Waals surface area contributed by atoms with Crippen LogP contribution in [0.25, 0.3) is 16.7 Å². The van der Waals surface area contributed by atoms with Gasteiger partial charge in [0, 0.05) is 18.4 Å². The van der Waals surface area contributed by atoms with Gasteiger partial charge < -0.3 is 13.9 Å². The molecule has 0 amide bonds. The van der Waals surface area contributed by atoms with E-state index in [4.69, 9.17) is 10.00 Å². The molecule has 6 heteroatoms. The number of hydrogen-bond donors (Lipinski definition) is 0. The molecule has 0 spiro atoms. The fourth-order valence-electron chi connectivity index (χ4n) is 3.38. The molecule has 2 heterocycles. The Bertz CT molecular complexity index is 1210. The number of halogens is 1. The highest BCUT2D eigenvalue weighted by atomic mass is 19.1. The molecule has 4 rings (SSSR count). The molecule has 5 nitrogen and oxygen atoms in total. The maximum absolute atomic E-state index is 13.3. The lowest BCUT2D eigenvalue weighted by atomic mass is 10.1. The standard InChI is InChI=1S/C23H18FN3O2/c1-2-29-23(28)22-13-21-20(11-12-26(21)19-9-7-18(24)8-10-19)27(22)15-17-5-3-16(14-25)4-6-17/h3-13H,2,15H2,1H3. The van der Waals surface area contributed by atoms with Gasteiger partial charge in [0.25, 0.3) is 0 Å². The molecular weight excluding hydrogens is 369 g/mol. The second-order valence-electron chi connectivity index (χ2n) is 6.58. The summed E-state index contributed by atoms with van der Waals surface area (Å²) in [5.41, 5.74) is 4.47.